The highest BCUT2D eigenvalue weighted by Gasteiger charge is 2.21. The standard InChI is InChI=1S/C27H30N6O2S/c1-20(34)32-15-13-31(14-16-32)19-21-3-5-23(6-4-21)29-27-28-18-22-11-12-33(26(17-22)30-27)24-7-9-25(10-8-24)36(2)35/h3-12,18H,13-17,19H2,1-2H3,(H,28,29). The van der Waals surface area contributed by atoms with Crippen molar-refractivity contribution >= 4 is 39.9 Å². The highest BCUT2D eigenvalue weighted by Crippen LogP contribution is 2.26. The van der Waals surface area contributed by atoms with Gasteiger partial charge in [-0.05, 0) is 53.6 Å². The minimum atomic E-state index is -1.01. The van der Waals surface area contributed by atoms with Crippen LogP contribution in [0.1, 0.15) is 18.9 Å². The quantitative estimate of drug-likeness (QED) is 0.676. The lowest BCUT2D eigenvalue weighted by Crippen LogP contribution is -2.47. The number of nitrogens with zero attached hydrogens (tertiary/aromatic N) is 5. The Morgan fingerprint density at radius 3 is 2.42 bits per heavy atom. The number of hydrogen-bond acceptors (Lipinski definition) is 7. The first-order valence-electron chi connectivity index (χ1n) is 12.0. The number of allylic oxidation sites excluding steroid dienone is 1. The van der Waals surface area contributed by atoms with Crippen molar-refractivity contribution < 1.29 is 9.00 Å². The summed E-state index contributed by atoms with van der Waals surface area (Å²) in [5.74, 6) is 1.56. The molecule has 9 heteroatoms. The second-order valence-corrected chi connectivity index (χ2v) is 10.5. The number of hydrogen-bond donors (Lipinski definition) is 1. The summed E-state index contributed by atoms with van der Waals surface area (Å²) in [6.45, 7) is 5.87. The molecular formula is C27H30N6O2S. The third-order valence-corrected chi connectivity index (χ3v) is 7.48. The monoisotopic (exact) mass is 502 g/mol. The lowest BCUT2D eigenvalue weighted by atomic mass is 10.1. The first-order chi connectivity index (χ1) is 17.4. The van der Waals surface area contributed by atoms with Crippen molar-refractivity contribution in [2.24, 2.45) is 9.98 Å². The molecule has 1 atom stereocenters. The molecule has 1 saturated heterocycles. The van der Waals surface area contributed by atoms with Gasteiger partial charge in [-0.15, -0.1) is 0 Å². The topological polar surface area (TPSA) is 80.6 Å². The van der Waals surface area contributed by atoms with Gasteiger partial charge in [0.05, 0.1) is 0 Å². The number of piperazine rings is 1. The minimum absolute atomic E-state index is 0.153. The lowest BCUT2D eigenvalue weighted by Gasteiger charge is -2.34. The molecule has 2 aromatic rings. The van der Waals surface area contributed by atoms with Crippen molar-refractivity contribution in [3.8, 4) is 0 Å². The van der Waals surface area contributed by atoms with Crippen molar-refractivity contribution in [1.82, 2.24) is 9.80 Å². The number of amides is 1. The van der Waals surface area contributed by atoms with Gasteiger partial charge in [0.15, 0.2) is 0 Å². The Hall–Kier alpha value is -3.56. The number of rotatable bonds is 5. The molecule has 36 heavy (non-hydrogen) atoms. The van der Waals surface area contributed by atoms with E-state index in [-0.39, 0.29) is 5.91 Å². The Labute approximate surface area is 214 Å². The van der Waals surface area contributed by atoms with Gasteiger partial charge in [-0.2, -0.15) is 4.99 Å². The van der Waals surface area contributed by atoms with Crippen molar-refractivity contribution in [2.75, 3.05) is 42.7 Å². The normalized spacial score (nSPS) is 18.7. The fraction of sp³-hybridized carbons (Fsp3) is 0.296. The Balaban J connectivity index is 1.25. The van der Waals surface area contributed by atoms with Crippen LogP contribution in [-0.2, 0) is 22.1 Å². The molecule has 2 aromatic carbocycles. The van der Waals surface area contributed by atoms with Crippen LogP contribution in [0.5, 0.6) is 0 Å². The first kappa shape index (κ1) is 24.1. The predicted octanol–water partition coefficient (Wildman–Crippen LogP) is 3.58. The number of anilines is 2. The highest BCUT2D eigenvalue weighted by atomic mass is 32.2. The lowest BCUT2D eigenvalue weighted by molar-refractivity contribution is -0.130. The van der Waals surface area contributed by atoms with E-state index in [4.69, 9.17) is 4.99 Å². The van der Waals surface area contributed by atoms with Crippen LogP contribution >= 0.6 is 0 Å². The maximum Gasteiger partial charge on any atom is 0.228 e. The van der Waals surface area contributed by atoms with Crippen LogP contribution in [0.25, 0.3) is 0 Å². The average Bonchev–Trinajstić information content (AvgIpc) is 3.04. The predicted molar refractivity (Wildman–Crippen MR) is 146 cm³/mol. The fourth-order valence-corrected chi connectivity index (χ4v) is 4.97. The second-order valence-electron chi connectivity index (χ2n) is 9.10. The minimum Gasteiger partial charge on any atom is -0.340 e. The molecule has 0 aliphatic carbocycles. The number of guanidine groups is 1. The number of carbonyl (C=O) groups excluding carboxylic acids is 1. The van der Waals surface area contributed by atoms with Gasteiger partial charge in [0.2, 0.25) is 11.9 Å². The van der Waals surface area contributed by atoms with Crippen LogP contribution in [-0.4, -0.2) is 64.1 Å². The van der Waals surface area contributed by atoms with Crippen LogP contribution in [0.4, 0.5) is 11.4 Å². The summed E-state index contributed by atoms with van der Waals surface area (Å²) in [5.41, 5.74) is 4.21. The number of benzene rings is 2. The number of amidine groups is 1. The summed E-state index contributed by atoms with van der Waals surface area (Å²) in [4.78, 5) is 28.0. The first-order valence-corrected chi connectivity index (χ1v) is 13.6. The van der Waals surface area contributed by atoms with Crippen LogP contribution in [0.3, 0.4) is 0 Å². The number of aliphatic imine (C=N–C) groups is 2. The molecule has 3 heterocycles. The Morgan fingerprint density at radius 2 is 1.75 bits per heavy atom. The number of carbonyl (C=O) groups is 1. The molecular weight excluding hydrogens is 472 g/mol. The molecule has 186 valence electrons. The maximum atomic E-state index is 11.7. The van der Waals surface area contributed by atoms with Gasteiger partial charge in [0, 0.05) is 91.8 Å². The molecule has 0 radical (unpaired) electrons. The molecule has 0 spiro atoms. The van der Waals surface area contributed by atoms with Crippen LogP contribution in [0, 0.1) is 0 Å². The summed E-state index contributed by atoms with van der Waals surface area (Å²) in [6.07, 6.45) is 8.26. The van der Waals surface area contributed by atoms with Gasteiger partial charge in [0.1, 0.15) is 5.84 Å². The largest absolute Gasteiger partial charge is 0.340 e. The van der Waals surface area contributed by atoms with Gasteiger partial charge in [-0.1, -0.05) is 12.1 Å². The summed E-state index contributed by atoms with van der Waals surface area (Å²) in [7, 11) is -1.01. The van der Waals surface area contributed by atoms with Crippen LogP contribution < -0.4 is 10.2 Å². The Kier molecular flexibility index (Phi) is 7.11. The van der Waals surface area contributed by atoms with E-state index in [0.717, 1.165) is 60.4 Å². The van der Waals surface area contributed by atoms with E-state index in [9.17, 15) is 9.00 Å². The molecule has 0 saturated carbocycles. The summed E-state index contributed by atoms with van der Waals surface area (Å²) >= 11 is 0. The van der Waals surface area contributed by atoms with Crippen LogP contribution in [0.15, 0.2) is 87.5 Å². The van der Waals surface area contributed by atoms with E-state index in [1.807, 2.05) is 64.7 Å². The molecule has 1 fully saturated rings. The maximum absolute atomic E-state index is 11.7. The van der Waals surface area contributed by atoms with E-state index >= 15 is 0 Å². The molecule has 3 aliphatic heterocycles. The molecule has 8 nitrogen and oxygen atoms in total. The van der Waals surface area contributed by atoms with Gasteiger partial charge < -0.3 is 15.1 Å². The molecule has 1 N–H and O–H groups in total. The Bertz CT molecular complexity index is 1270. The molecule has 1 amide bonds. The second kappa shape index (κ2) is 10.6. The van der Waals surface area contributed by atoms with E-state index in [0.29, 0.717) is 12.4 Å². The smallest absolute Gasteiger partial charge is 0.228 e. The van der Waals surface area contributed by atoms with E-state index in [1.54, 1.807) is 13.2 Å². The third-order valence-electron chi connectivity index (χ3n) is 6.55. The highest BCUT2D eigenvalue weighted by molar-refractivity contribution is 7.84. The Morgan fingerprint density at radius 1 is 1.03 bits per heavy atom. The molecule has 3 aliphatic rings. The van der Waals surface area contributed by atoms with Crippen LogP contribution in [0.2, 0.25) is 0 Å². The van der Waals surface area contributed by atoms with Gasteiger partial charge in [-0.25, -0.2) is 4.99 Å². The van der Waals surface area contributed by atoms with Gasteiger partial charge >= 0.3 is 0 Å². The van der Waals surface area contributed by atoms with Crippen molar-refractivity contribution in [1.29, 1.82) is 0 Å². The van der Waals surface area contributed by atoms with E-state index < -0.39 is 10.8 Å². The van der Waals surface area contributed by atoms with Crippen molar-refractivity contribution in [3.05, 3.63) is 78.1 Å². The van der Waals surface area contributed by atoms with E-state index in [1.165, 1.54) is 5.56 Å². The van der Waals surface area contributed by atoms with E-state index in [2.05, 4.69) is 27.3 Å². The SMILES string of the molecule is CC(=O)N1CCN(Cc2ccc(NC3=NC=C4C=CN(c5ccc(S(C)=O)cc5)C(=N3)C4)cc2)CC1. The molecule has 5 rings (SSSR count). The molecule has 1 unspecified atom stereocenters. The fourth-order valence-electron chi connectivity index (χ4n) is 4.46. The van der Waals surface area contributed by atoms with Crippen molar-refractivity contribution in [3.63, 3.8) is 0 Å². The summed E-state index contributed by atoms with van der Waals surface area (Å²) < 4.78 is 11.7. The molecule has 0 aromatic heterocycles. The van der Waals surface area contributed by atoms with Crippen molar-refractivity contribution in [2.45, 2.75) is 24.8 Å². The third kappa shape index (κ3) is 5.63. The number of fused-ring (bicyclic) bond motifs is 2. The zero-order valence-electron chi connectivity index (χ0n) is 20.6. The van der Waals surface area contributed by atoms with Gasteiger partial charge in [-0.3, -0.25) is 13.9 Å². The zero-order valence-corrected chi connectivity index (χ0v) is 21.4. The summed E-state index contributed by atoms with van der Waals surface area (Å²) in [5, 5.41) is 3.34. The zero-order chi connectivity index (χ0) is 25.1. The van der Waals surface area contributed by atoms with Gasteiger partial charge in [0.25, 0.3) is 0 Å². The summed E-state index contributed by atoms with van der Waals surface area (Å²) in [6, 6.07) is 16.0. The average molecular weight is 503 g/mol. The molecule has 2 bridgehead atoms. The number of nitrogens with one attached hydrogen (secondary N) is 1.